The van der Waals surface area contributed by atoms with Crippen LogP contribution < -0.4 is 0 Å². The highest BCUT2D eigenvalue weighted by molar-refractivity contribution is 9.12. The first-order valence-corrected chi connectivity index (χ1v) is 8.26. The van der Waals surface area contributed by atoms with Crippen LogP contribution in [0.15, 0.2) is 24.3 Å². The van der Waals surface area contributed by atoms with E-state index in [0.29, 0.717) is 5.56 Å². The molecule has 0 aromatic heterocycles. The molecule has 18 heavy (non-hydrogen) atoms. The number of carbonyl (C=O) groups excluding carboxylic acids is 1. The molecule has 0 bridgehead atoms. The minimum Gasteiger partial charge on any atom is -0.291 e. The zero-order chi connectivity index (χ0) is 14.0. The van der Waals surface area contributed by atoms with Gasteiger partial charge in [0.1, 0.15) is 0 Å². The molecule has 0 N–H and O–H groups in total. The van der Waals surface area contributed by atoms with Gasteiger partial charge in [-0.25, -0.2) is 8.42 Å². The molecule has 0 saturated carbocycles. The number of hydrogen-bond donors (Lipinski definition) is 0. The number of hydrogen-bond acceptors (Lipinski definition) is 3. The lowest BCUT2D eigenvalue weighted by molar-refractivity contribution is 0.0975. The SMILES string of the molecule is CC[C@](Br)(C(=O)c1ccccc1C)S(=O)(=O)CC. The number of halogens is 1. The third kappa shape index (κ3) is 2.52. The molecule has 0 aliphatic heterocycles. The van der Waals surface area contributed by atoms with Gasteiger partial charge in [-0.2, -0.15) is 0 Å². The van der Waals surface area contributed by atoms with Crippen molar-refractivity contribution in [2.75, 3.05) is 5.75 Å². The van der Waals surface area contributed by atoms with Crippen LogP contribution >= 0.6 is 15.9 Å². The molecule has 1 atom stereocenters. The van der Waals surface area contributed by atoms with Gasteiger partial charge in [0.15, 0.2) is 19.3 Å². The maximum Gasteiger partial charge on any atom is 0.195 e. The van der Waals surface area contributed by atoms with Crippen LogP contribution in [0.5, 0.6) is 0 Å². The number of benzene rings is 1. The molecule has 0 radical (unpaired) electrons. The summed E-state index contributed by atoms with van der Waals surface area (Å²) >= 11 is 3.16. The van der Waals surface area contributed by atoms with Crippen molar-refractivity contribution in [3.05, 3.63) is 35.4 Å². The zero-order valence-electron chi connectivity index (χ0n) is 10.7. The number of aryl methyl sites for hydroxylation is 1. The van der Waals surface area contributed by atoms with Crippen LogP contribution in [0.3, 0.4) is 0 Å². The van der Waals surface area contributed by atoms with E-state index >= 15 is 0 Å². The summed E-state index contributed by atoms with van der Waals surface area (Å²) < 4.78 is 22.7. The minimum atomic E-state index is -3.51. The smallest absolute Gasteiger partial charge is 0.195 e. The number of Topliss-reactive ketones (excluding diaryl/α,β-unsaturated/α-hetero) is 1. The van der Waals surface area contributed by atoms with Crippen LogP contribution in [-0.2, 0) is 9.84 Å². The highest BCUT2D eigenvalue weighted by Gasteiger charge is 2.46. The molecule has 0 saturated heterocycles. The molecule has 1 aromatic carbocycles. The monoisotopic (exact) mass is 332 g/mol. The van der Waals surface area contributed by atoms with Crippen LogP contribution in [0.1, 0.15) is 36.2 Å². The molecule has 0 amide bonds. The van der Waals surface area contributed by atoms with Gasteiger partial charge in [0.05, 0.1) is 0 Å². The Hall–Kier alpha value is -0.680. The summed E-state index contributed by atoms with van der Waals surface area (Å²) in [6.45, 7) is 5.04. The Morgan fingerprint density at radius 2 is 1.83 bits per heavy atom. The van der Waals surface area contributed by atoms with Crippen molar-refractivity contribution in [1.82, 2.24) is 0 Å². The molecule has 0 unspecified atom stereocenters. The predicted octanol–water partition coefficient (Wildman–Crippen LogP) is 3.11. The average molecular weight is 333 g/mol. The van der Waals surface area contributed by atoms with Gasteiger partial charge in [-0.05, 0) is 18.9 Å². The van der Waals surface area contributed by atoms with Crippen LogP contribution in [0.4, 0.5) is 0 Å². The molecule has 1 rings (SSSR count). The number of rotatable bonds is 5. The summed E-state index contributed by atoms with van der Waals surface area (Å²) in [5.74, 6) is -0.450. The third-order valence-corrected chi connectivity index (χ3v) is 7.68. The van der Waals surface area contributed by atoms with E-state index in [0.717, 1.165) is 5.56 Å². The standard InChI is InChI=1S/C13H17BrO3S/c1-4-13(14,18(16,17)5-2)12(15)11-9-7-6-8-10(11)3/h6-9H,4-5H2,1-3H3/t13-/m1/s1. The van der Waals surface area contributed by atoms with Crippen molar-refractivity contribution in [3.63, 3.8) is 0 Å². The van der Waals surface area contributed by atoms with Gasteiger partial charge in [0.2, 0.25) is 0 Å². The fourth-order valence-corrected chi connectivity index (χ4v) is 3.97. The number of sulfone groups is 1. The van der Waals surface area contributed by atoms with Gasteiger partial charge in [-0.1, -0.05) is 54.0 Å². The van der Waals surface area contributed by atoms with Gasteiger partial charge < -0.3 is 0 Å². The molecule has 0 aliphatic rings. The number of carbonyl (C=O) groups is 1. The van der Waals surface area contributed by atoms with E-state index in [9.17, 15) is 13.2 Å². The fraction of sp³-hybridized carbons (Fsp3) is 0.462. The Kier molecular flexibility index (Phi) is 4.72. The Bertz CT molecular complexity index is 551. The Morgan fingerprint density at radius 3 is 2.28 bits per heavy atom. The van der Waals surface area contributed by atoms with Crippen molar-refractivity contribution in [2.45, 2.75) is 30.8 Å². The highest BCUT2D eigenvalue weighted by Crippen LogP contribution is 2.34. The van der Waals surface area contributed by atoms with Crippen molar-refractivity contribution >= 4 is 31.6 Å². The highest BCUT2D eigenvalue weighted by atomic mass is 79.9. The topological polar surface area (TPSA) is 51.2 Å². The third-order valence-electron chi connectivity index (χ3n) is 3.06. The fourth-order valence-electron chi connectivity index (χ4n) is 1.78. The zero-order valence-corrected chi connectivity index (χ0v) is 13.1. The van der Waals surface area contributed by atoms with Gasteiger partial charge >= 0.3 is 0 Å². The van der Waals surface area contributed by atoms with Crippen molar-refractivity contribution in [2.24, 2.45) is 0 Å². The summed E-state index contributed by atoms with van der Waals surface area (Å²) in [6, 6.07) is 7.02. The minimum absolute atomic E-state index is 0.0658. The molecular weight excluding hydrogens is 316 g/mol. The maximum absolute atomic E-state index is 12.5. The molecule has 0 aliphatic carbocycles. The van der Waals surface area contributed by atoms with E-state index in [1.54, 1.807) is 39.0 Å². The molecule has 1 aromatic rings. The van der Waals surface area contributed by atoms with E-state index in [2.05, 4.69) is 15.9 Å². The van der Waals surface area contributed by atoms with Crippen molar-refractivity contribution < 1.29 is 13.2 Å². The number of alkyl halides is 1. The summed E-state index contributed by atoms with van der Waals surface area (Å²) in [5, 5.41) is 0. The van der Waals surface area contributed by atoms with Gasteiger partial charge in [-0.15, -0.1) is 0 Å². The van der Waals surface area contributed by atoms with Crippen molar-refractivity contribution in [1.29, 1.82) is 0 Å². The molecular formula is C13H17BrO3S. The van der Waals surface area contributed by atoms with Crippen LogP contribution in [0.25, 0.3) is 0 Å². The second kappa shape index (κ2) is 5.53. The first-order chi connectivity index (χ1) is 8.30. The largest absolute Gasteiger partial charge is 0.291 e. The van der Waals surface area contributed by atoms with Gasteiger partial charge in [0.25, 0.3) is 0 Å². The Morgan fingerprint density at radius 1 is 1.28 bits per heavy atom. The maximum atomic E-state index is 12.5. The molecule has 5 heteroatoms. The lowest BCUT2D eigenvalue weighted by Gasteiger charge is -2.24. The summed E-state index contributed by atoms with van der Waals surface area (Å²) in [6.07, 6.45) is 0.205. The normalized spacial score (nSPS) is 15.1. The second-order valence-electron chi connectivity index (χ2n) is 4.13. The molecule has 3 nitrogen and oxygen atoms in total. The molecule has 0 spiro atoms. The van der Waals surface area contributed by atoms with Crippen LogP contribution in [-0.4, -0.2) is 23.6 Å². The van der Waals surface area contributed by atoms with Crippen LogP contribution in [0, 0.1) is 6.92 Å². The first-order valence-electron chi connectivity index (χ1n) is 5.81. The number of ketones is 1. The molecule has 0 heterocycles. The summed E-state index contributed by atoms with van der Waals surface area (Å²) in [4.78, 5) is 12.5. The summed E-state index contributed by atoms with van der Waals surface area (Å²) in [5.41, 5.74) is 1.24. The van der Waals surface area contributed by atoms with E-state index in [1.807, 2.05) is 6.07 Å². The van der Waals surface area contributed by atoms with Crippen LogP contribution in [0.2, 0.25) is 0 Å². The van der Waals surface area contributed by atoms with E-state index in [-0.39, 0.29) is 18.0 Å². The summed E-state index contributed by atoms with van der Waals surface area (Å²) in [7, 11) is -3.51. The van der Waals surface area contributed by atoms with Crippen molar-refractivity contribution in [3.8, 4) is 0 Å². The second-order valence-corrected chi connectivity index (χ2v) is 8.51. The van der Waals surface area contributed by atoms with Gasteiger partial charge in [-0.3, -0.25) is 4.79 Å². The lowest BCUT2D eigenvalue weighted by atomic mass is 10.0. The Labute approximate surface area is 117 Å². The molecule has 0 fully saturated rings. The average Bonchev–Trinajstić information content (AvgIpc) is 2.37. The van der Waals surface area contributed by atoms with E-state index in [4.69, 9.17) is 0 Å². The lowest BCUT2D eigenvalue weighted by Crippen LogP contribution is -2.41. The Balaban J connectivity index is 3.36. The van der Waals surface area contributed by atoms with Gasteiger partial charge in [0, 0.05) is 11.3 Å². The van der Waals surface area contributed by atoms with E-state index in [1.165, 1.54) is 0 Å². The molecule has 100 valence electrons. The first kappa shape index (κ1) is 15.4. The van der Waals surface area contributed by atoms with E-state index < -0.39 is 13.5 Å². The quantitative estimate of drug-likeness (QED) is 0.614. The predicted molar refractivity (Wildman–Crippen MR) is 76.9 cm³/mol.